The van der Waals surface area contributed by atoms with E-state index in [0.717, 1.165) is 43.9 Å². The van der Waals surface area contributed by atoms with Gasteiger partial charge in [-0.1, -0.05) is 6.07 Å². The Bertz CT molecular complexity index is 1280. The molecule has 4 heterocycles. The molecule has 1 atom stereocenters. The van der Waals surface area contributed by atoms with Gasteiger partial charge in [-0.3, -0.25) is 9.55 Å². The quantitative estimate of drug-likeness (QED) is 0.504. The molecule has 178 valence electrons. The van der Waals surface area contributed by atoms with E-state index >= 15 is 0 Å². The van der Waals surface area contributed by atoms with Gasteiger partial charge in [-0.2, -0.15) is 18.2 Å². The topological polar surface area (TPSA) is 69.5 Å². The number of halogens is 4. The van der Waals surface area contributed by atoms with Gasteiger partial charge in [0.05, 0.1) is 0 Å². The highest BCUT2D eigenvalue weighted by Crippen LogP contribution is 2.33. The number of aromatic nitrogens is 3. The Hall–Kier alpha value is -3.63. The maximum Gasteiger partial charge on any atom is 0.433 e. The second-order valence-electron chi connectivity index (χ2n) is 8.22. The Morgan fingerprint density at radius 3 is 2.76 bits per heavy atom. The van der Waals surface area contributed by atoms with Crippen molar-refractivity contribution in [1.29, 1.82) is 0 Å². The van der Waals surface area contributed by atoms with Gasteiger partial charge in [-0.15, -0.1) is 0 Å². The molecule has 3 aromatic rings. The predicted octanol–water partition coefficient (Wildman–Crippen LogP) is 4.54. The first-order valence-electron chi connectivity index (χ1n) is 10.8. The Morgan fingerprint density at radius 1 is 1.12 bits per heavy atom. The van der Waals surface area contributed by atoms with E-state index in [1.54, 1.807) is 10.6 Å². The van der Waals surface area contributed by atoms with Crippen LogP contribution in [-0.4, -0.2) is 27.1 Å². The van der Waals surface area contributed by atoms with Gasteiger partial charge in [0.25, 0.3) is 0 Å². The van der Waals surface area contributed by atoms with Gasteiger partial charge in [0.2, 0.25) is 5.88 Å². The number of nitrogens with zero attached hydrogens (tertiary/aromatic N) is 4. The Morgan fingerprint density at radius 2 is 1.97 bits per heavy atom. The molecule has 0 bridgehead atoms. The third-order valence-corrected chi connectivity index (χ3v) is 5.91. The van der Waals surface area contributed by atoms with Crippen molar-refractivity contribution in [2.45, 2.75) is 44.6 Å². The zero-order valence-electron chi connectivity index (χ0n) is 17.9. The molecule has 0 radical (unpaired) electrons. The number of hydrogen-bond acceptors (Lipinski definition) is 6. The molecule has 0 N–H and O–H groups in total. The fourth-order valence-corrected chi connectivity index (χ4v) is 4.29. The molecule has 5 rings (SSSR count). The van der Waals surface area contributed by atoms with Crippen LogP contribution in [0.25, 0.3) is 0 Å². The molecule has 0 amide bonds. The number of alkyl halides is 3. The molecule has 0 saturated carbocycles. The maximum atomic E-state index is 14.5. The minimum Gasteiger partial charge on any atom is -0.473 e. The average molecular weight is 476 g/mol. The molecule has 2 aromatic heterocycles. The second kappa shape index (κ2) is 8.62. The van der Waals surface area contributed by atoms with E-state index in [-0.39, 0.29) is 29.7 Å². The normalized spacial score (nSPS) is 17.3. The number of rotatable bonds is 5. The maximum absolute atomic E-state index is 14.5. The zero-order valence-corrected chi connectivity index (χ0v) is 17.9. The van der Waals surface area contributed by atoms with Crippen molar-refractivity contribution in [2.75, 3.05) is 11.4 Å². The van der Waals surface area contributed by atoms with Crippen molar-refractivity contribution >= 4 is 5.82 Å². The van der Waals surface area contributed by atoms with Crippen molar-refractivity contribution < 1.29 is 27.0 Å². The smallest absolute Gasteiger partial charge is 0.433 e. The molecular formula is C23H20F4N4O3. The van der Waals surface area contributed by atoms with Crippen LogP contribution < -0.4 is 20.1 Å². The highest BCUT2D eigenvalue weighted by molar-refractivity contribution is 5.47. The van der Waals surface area contributed by atoms with Crippen LogP contribution in [0, 0.1) is 5.82 Å². The van der Waals surface area contributed by atoms with Gasteiger partial charge in [-0.25, -0.2) is 9.18 Å². The van der Waals surface area contributed by atoms with Crippen LogP contribution in [0.3, 0.4) is 0 Å². The number of ether oxygens (including phenoxy) is 2. The van der Waals surface area contributed by atoms with Crippen LogP contribution in [0.2, 0.25) is 0 Å². The summed E-state index contributed by atoms with van der Waals surface area (Å²) in [5.41, 5.74) is -1.08. The minimum atomic E-state index is -4.64. The Balaban J connectivity index is 1.28. The fraction of sp³-hybridized carbons (Fsp3) is 0.348. The number of pyridine rings is 1. The molecule has 34 heavy (non-hydrogen) atoms. The number of piperidine rings is 1. The summed E-state index contributed by atoms with van der Waals surface area (Å²) < 4.78 is 65.5. The lowest BCUT2D eigenvalue weighted by Crippen LogP contribution is -2.36. The number of fused-ring (bicyclic) bond motifs is 3. The molecule has 2 aliphatic heterocycles. The first-order valence-corrected chi connectivity index (χ1v) is 10.8. The average Bonchev–Trinajstić information content (AvgIpc) is 3.18. The standard InChI is InChI=1S/C23H20F4N4O3/c24-17-9-14(4-5-18(17)34-16-6-7-28-19(10-16)23(25,26)27)13-33-20-11-21-30-8-2-1-3-15(30)12-31(21)22(32)29-20/h4-7,9-11,15H,1-3,8,12-13H2. The minimum absolute atomic E-state index is 0.0516. The molecule has 2 aliphatic rings. The summed E-state index contributed by atoms with van der Waals surface area (Å²) in [5, 5.41) is 0. The first-order chi connectivity index (χ1) is 16.3. The molecule has 1 fully saturated rings. The van der Waals surface area contributed by atoms with Crippen LogP contribution in [0.15, 0.2) is 47.4 Å². The zero-order chi connectivity index (χ0) is 23.9. The lowest BCUT2D eigenvalue weighted by molar-refractivity contribution is -0.141. The van der Waals surface area contributed by atoms with E-state index in [2.05, 4.69) is 14.9 Å². The van der Waals surface area contributed by atoms with Crippen LogP contribution in [0.5, 0.6) is 17.4 Å². The van der Waals surface area contributed by atoms with E-state index in [1.807, 2.05) is 0 Å². The fourth-order valence-electron chi connectivity index (χ4n) is 4.29. The van der Waals surface area contributed by atoms with Crippen LogP contribution in [-0.2, 0) is 19.3 Å². The summed E-state index contributed by atoms with van der Waals surface area (Å²) in [5.74, 6) is -0.272. The lowest BCUT2D eigenvalue weighted by atomic mass is 10.0. The predicted molar refractivity (Wildman–Crippen MR) is 114 cm³/mol. The highest BCUT2D eigenvalue weighted by atomic mass is 19.4. The largest absolute Gasteiger partial charge is 0.473 e. The molecule has 7 nitrogen and oxygen atoms in total. The highest BCUT2D eigenvalue weighted by Gasteiger charge is 2.33. The Labute approximate surface area is 191 Å². The number of benzene rings is 1. The van der Waals surface area contributed by atoms with Crippen LogP contribution >= 0.6 is 0 Å². The lowest BCUT2D eigenvalue weighted by Gasteiger charge is -2.30. The van der Waals surface area contributed by atoms with Gasteiger partial charge in [0.15, 0.2) is 11.6 Å². The third-order valence-electron chi connectivity index (χ3n) is 5.91. The Kier molecular flexibility index (Phi) is 5.62. The molecular weight excluding hydrogens is 456 g/mol. The molecule has 0 aliphatic carbocycles. The van der Waals surface area contributed by atoms with Crippen molar-refractivity contribution in [2.24, 2.45) is 0 Å². The molecule has 1 saturated heterocycles. The summed E-state index contributed by atoms with van der Waals surface area (Å²) in [7, 11) is 0. The van der Waals surface area contributed by atoms with Gasteiger partial charge < -0.3 is 14.4 Å². The van der Waals surface area contributed by atoms with Crippen LogP contribution in [0.4, 0.5) is 23.4 Å². The van der Waals surface area contributed by atoms with Gasteiger partial charge in [-0.05, 0) is 43.0 Å². The number of anilines is 1. The van der Waals surface area contributed by atoms with Gasteiger partial charge in [0.1, 0.15) is 23.9 Å². The van der Waals surface area contributed by atoms with Gasteiger partial charge in [0, 0.05) is 37.5 Å². The van der Waals surface area contributed by atoms with Crippen LogP contribution in [0.1, 0.15) is 30.5 Å². The first kappa shape index (κ1) is 22.2. The van der Waals surface area contributed by atoms with Crippen molar-refractivity contribution in [3.8, 4) is 17.4 Å². The van der Waals surface area contributed by atoms with Crippen molar-refractivity contribution in [3.63, 3.8) is 0 Å². The second-order valence-corrected chi connectivity index (χ2v) is 8.22. The summed E-state index contributed by atoms with van der Waals surface area (Å²) in [6.07, 6.45) is -0.467. The summed E-state index contributed by atoms with van der Waals surface area (Å²) in [6.45, 7) is 1.45. The number of hydrogen-bond donors (Lipinski definition) is 0. The van der Waals surface area contributed by atoms with Gasteiger partial charge >= 0.3 is 11.9 Å². The van der Waals surface area contributed by atoms with E-state index in [0.29, 0.717) is 24.2 Å². The van der Waals surface area contributed by atoms with E-state index in [1.165, 1.54) is 18.2 Å². The molecule has 1 aromatic carbocycles. The SMILES string of the molecule is O=c1nc(OCc2ccc(Oc3ccnc(C(F)(F)F)c3)c(F)c2)cc2n1CC1CCCCN21. The van der Waals surface area contributed by atoms with E-state index < -0.39 is 17.7 Å². The third kappa shape index (κ3) is 4.42. The monoisotopic (exact) mass is 476 g/mol. The summed E-state index contributed by atoms with van der Waals surface area (Å²) in [6, 6.07) is 7.89. The molecule has 0 spiro atoms. The van der Waals surface area contributed by atoms with Crippen molar-refractivity contribution in [1.82, 2.24) is 14.5 Å². The van der Waals surface area contributed by atoms with E-state index in [9.17, 15) is 22.4 Å². The summed E-state index contributed by atoms with van der Waals surface area (Å²) >= 11 is 0. The van der Waals surface area contributed by atoms with E-state index in [4.69, 9.17) is 9.47 Å². The van der Waals surface area contributed by atoms with Crippen molar-refractivity contribution in [3.05, 3.63) is 70.2 Å². The molecule has 1 unspecified atom stereocenters. The summed E-state index contributed by atoms with van der Waals surface area (Å²) in [4.78, 5) is 21.9. The molecule has 11 heteroatoms.